The number of rotatable bonds is 9. The average molecular weight is 349 g/mol. The van der Waals surface area contributed by atoms with E-state index in [0.29, 0.717) is 36.3 Å². The van der Waals surface area contributed by atoms with Crippen LogP contribution in [0.2, 0.25) is 5.02 Å². The third-order valence-electron chi connectivity index (χ3n) is 3.14. The van der Waals surface area contributed by atoms with Gasteiger partial charge >= 0.3 is 0 Å². The fourth-order valence-corrected chi connectivity index (χ4v) is 2.13. The fraction of sp³-hybridized carbons (Fsp3) is 0.278. The van der Waals surface area contributed by atoms with Crippen LogP contribution in [0.25, 0.3) is 0 Å². The van der Waals surface area contributed by atoms with E-state index >= 15 is 0 Å². The Bertz CT molecular complexity index is 647. The third kappa shape index (κ3) is 6.10. The van der Waals surface area contributed by atoms with Gasteiger partial charge in [-0.15, -0.1) is 0 Å². The van der Waals surface area contributed by atoms with Crippen molar-refractivity contribution in [3.63, 3.8) is 0 Å². The summed E-state index contributed by atoms with van der Waals surface area (Å²) in [4.78, 5) is 12.0. The summed E-state index contributed by atoms with van der Waals surface area (Å²) in [6, 6.07) is 14.5. The van der Waals surface area contributed by atoms with Gasteiger partial charge in [0.2, 0.25) is 5.91 Å². The van der Waals surface area contributed by atoms with Crippen LogP contribution in [0.3, 0.4) is 0 Å². The number of amides is 1. The third-order valence-corrected chi connectivity index (χ3v) is 3.40. The number of benzene rings is 2. The number of hydrogen-bond acceptors (Lipinski definition) is 4. The molecule has 2 N–H and O–H groups in total. The van der Waals surface area contributed by atoms with E-state index in [-0.39, 0.29) is 12.5 Å². The zero-order valence-corrected chi connectivity index (χ0v) is 14.3. The minimum absolute atomic E-state index is 0.133. The number of hydrogen-bond donors (Lipinski definition) is 2. The molecule has 0 aliphatic heterocycles. The molecule has 24 heavy (non-hydrogen) atoms. The predicted molar refractivity (Wildman–Crippen MR) is 97.0 cm³/mol. The molecule has 0 aliphatic rings. The Kier molecular flexibility index (Phi) is 7.39. The van der Waals surface area contributed by atoms with E-state index in [2.05, 4.69) is 10.6 Å². The molecule has 2 rings (SSSR count). The largest absolute Gasteiger partial charge is 0.489 e. The molecule has 1 amide bonds. The monoisotopic (exact) mass is 348 g/mol. The summed E-state index contributed by atoms with van der Waals surface area (Å²) >= 11 is 5.82. The summed E-state index contributed by atoms with van der Waals surface area (Å²) < 4.78 is 10.9. The van der Waals surface area contributed by atoms with Crippen LogP contribution in [-0.2, 0) is 9.53 Å². The Hall–Kier alpha value is -2.24. The smallest absolute Gasteiger partial charge is 0.243 e. The molecule has 0 aromatic heterocycles. The van der Waals surface area contributed by atoms with E-state index < -0.39 is 0 Å². The number of ether oxygens (including phenoxy) is 2. The second-order valence-corrected chi connectivity index (χ2v) is 5.39. The minimum atomic E-state index is -0.151. The van der Waals surface area contributed by atoms with Crippen LogP contribution in [0.15, 0.2) is 48.5 Å². The lowest BCUT2D eigenvalue weighted by atomic mass is 10.3. The Morgan fingerprint density at radius 2 is 1.83 bits per heavy atom. The van der Waals surface area contributed by atoms with Gasteiger partial charge in [-0.2, -0.15) is 0 Å². The van der Waals surface area contributed by atoms with Crippen LogP contribution in [0.4, 0.5) is 11.4 Å². The molecule has 0 radical (unpaired) electrons. The molecular weight excluding hydrogens is 328 g/mol. The number of carbonyl (C=O) groups is 1. The highest BCUT2D eigenvalue weighted by Gasteiger charge is 2.06. The van der Waals surface area contributed by atoms with Gasteiger partial charge in [0.25, 0.3) is 0 Å². The van der Waals surface area contributed by atoms with E-state index in [1.807, 2.05) is 31.2 Å². The summed E-state index contributed by atoms with van der Waals surface area (Å²) in [7, 11) is 0. The molecule has 0 spiro atoms. The summed E-state index contributed by atoms with van der Waals surface area (Å²) in [6.45, 7) is 3.72. The van der Waals surface area contributed by atoms with Crippen LogP contribution in [0.1, 0.15) is 6.92 Å². The molecule has 5 nitrogen and oxygen atoms in total. The Morgan fingerprint density at radius 3 is 2.58 bits per heavy atom. The second-order valence-electron chi connectivity index (χ2n) is 4.95. The van der Waals surface area contributed by atoms with Crippen LogP contribution >= 0.6 is 11.6 Å². The number of para-hydroxylation sites is 2. The van der Waals surface area contributed by atoms with Gasteiger partial charge in [-0.05, 0) is 43.3 Å². The normalized spacial score (nSPS) is 10.2. The van der Waals surface area contributed by atoms with Crippen molar-refractivity contribution in [2.24, 2.45) is 0 Å². The van der Waals surface area contributed by atoms with E-state index in [4.69, 9.17) is 21.1 Å². The first-order valence-electron chi connectivity index (χ1n) is 7.78. The lowest BCUT2D eigenvalue weighted by Gasteiger charge is -2.13. The molecule has 0 saturated carbocycles. The van der Waals surface area contributed by atoms with Gasteiger partial charge in [0.05, 0.1) is 18.8 Å². The summed E-state index contributed by atoms with van der Waals surface area (Å²) in [6.07, 6.45) is 0. The van der Waals surface area contributed by atoms with Crippen LogP contribution in [0.5, 0.6) is 5.75 Å². The average Bonchev–Trinajstić information content (AvgIpc) is 2.60. The topological polar surface area (TPSA) is 59.6 Å². The van der Waals surface area contributed by atoms with Crippen molar-refractivity contribution in [1.82, 2.24) is 0 Å². The first-order chi connectivity index (χ1) is 11.7. The maximum absolute atomic E-state index is 12.0. The fourth-order valence-electron chi connectivity index (χ4n) is 2.01. The zero-order chi connectivity index (χ0) is 17.2. The van der Waals surface area contributed by atoms with Gasteiger partial charge in [-0.3, -0.25) is 4.79 Å². The Balaban J connectivity index is 1.84. The van der Waals surface area contributed by atoms with Crippen molar-refractivity contribution >= 4 is 28.9 Å². The predicted octanol–water partition coefficient (Wildman–Crippen LogP) is 3.81. The highest BCUT2D eigenvalue weighted by molar-refractivity contribution is 6.30. The summed E-state index contributed by atoms with van der Waals surface area (Å²) in [5.74, 6) is 0.540. The molecule has 128 valence electrons. The molecular formula is C18H21ClN2O3. The van der Waals surface area contributed by atoms with Crippen molar-refractivity contribution in [2.75, 3.05) is 37.0 Å². The number of anilines is 2. The van der Waals surface area contributed by atoms with Gasteiger partial charge in [0, 0.05) is 17.3 Å². The van der Waals surface area contributed by atoms with Crippen molar-refractivity contribution in [3.05, 3.63) is 53.6 Å². The molecule has 6 heteroatoms. The molecule has 0 heterocycles. The van der Waals surface area contributed by atoms with Gasteiger partial charge in [-0.1, -0.05) is 23.7 Å². The molecule has 2 aromatic carbocycles. The Morgan fingerprint density at radius 1 is 1.08 bits per heavy atom. The first-order valence-corrected chi connectivity index (χ1v) is 8.15. The van der Waals surface area contributed by atoms with Gasteiger partial charge in [-0.25, -0.2) is 0 Å². The molecule has 0 saturated heterocycles. The standard InChI is InChI=1S/C18H21ClN2O3/c1-2-23-11-12-24-17-6-4-3-5-16(17)20-13-18(22)21-15-9-7-14(19)8-10-15/h3-10,20H,2,11-13H2,1H3,(H,21,22). The van der Waals surface area contributed by atoms with Gasteiger partial charge in [0.15, 0.2) is 0 Å². The van der Waals surface area contributed by atoms with Crippen molar-refractivity contribution < 1.29 is 14.3 Å². The number of halogens is 1. The zero-order valence-electron chi connectivity index (χ0n) is 13.5. The Labute approximate surface area is 146 Å². The lowest BCUT2D eigenvalue weighted by molar-refractivity contribution is -0.114. The number of nitrogens with one attached hydrogen (secondary N) is 2. The first kappa shape index (κ1) is 18.1. The summed E-state index contributed by atoms with van der Waals surface area (Å²) in [5, 5.41) is 6.51. The van der Waals surface area contributed by atoms with Gasteiger partial charge < -0.3 is 20.1 Å². The lowest BCUT2D eigenvalue weighted by Crippen LogP contribution is -2.22. The highest BCUT2D eigenvalue weighted by Crippen LogP contribution is 2.23. The minimum Gasteiger partial charge on any atom is -0.489 e. The quantitative estimate of drug-likeness (QED) is 0.677. The SMILES string of the molecule is CCOCCOc1ccccc1NCC(=O)Nc1ccc(Cl)cc1. The van der Waals surface area contributed by atoms with Crippen molar-refractivity contribution in [2.45, 2.75) is 6.92 Å². The molecule has 2 aromatic rings. The van der Waals surface area contributed by atoms with Crippen LogP contribution < -0.4 is 15.4 Å². The maximum atomic E-state index is 12.0. The maximum Gasteiger partial charge on any atom is 0.243 e. The van der Waals surface area contributed by atoms with Crippen LogP contribution in [-0.4, -0.2) is 32.3 Å². The van der Waals surface area contributed by atoms with E-state index in [0.717, 1.165) is 5.69 Å². The van der Waals surface area contributed by atoms with E-state index in [1.54, 1.807) is 24.3 Å². The van der Waals surface area contributed by atoms with E-state index in [1.165, 1.54) is 0 Å². The summed E-state index contributed by atoms with van der Waals surface area (Å²) in [5.41, 5.74) is 1.47. The highest BCUT2D eigenvalue weighted by atomic mass is 35.5. The molecule has 0 atom stereocenters. The van der Waals surface area contributed by atoms with Crippen molar-refractivity contribution in [3.8, 4) is 5.75 Å². The molecule has 0 aliphatic carbocycles. The molecule has 0 unspecified atom stereocenters. The van der Waals surface area contributed by atoms with Gasteiger partial charge in [0.1, 0.15) is 12.4 Å². The van der Waals surface area contributed by atoms with Crippen molar-refractivity contribution in [1.29, 1.82) is 0 Å². The van der Waals surface area contributed by atoms with Crippen LogP contribution in [0, 0.1) is 0 Å². The molecule has 0 fully saturated rings. The number of carbonyl (C=O) groups excluding carboxylic acids is 1. The second kappa shape index (κ2) is 9.80. The van der Waals surface area contributed by atoms with E-state index in [9.17, 15) is 4.79 Å². The molecule has 0 bridgehead atoms.